The Bertz CT molecular complexity index is 386. The molecule has 0 saturated heterocycles. The van der Waals surface area contributed by atoms with Crippen molar-refractivity contribution >= 4 is 5.97 Å². The molecule has 0 aliphatic rings. The highest BCUT2D eigenvalue weighted by atomic mass is 16.6. The first-order chi connectivity index (χ1) is 16.2. The van der Waals surface area contributed by atoms with Gasteiger partial charge in [0.1, 0.15) is 6.10 Å². The number of hydrogen-bond acceptors (Lipinski definition) is 4. The van der Waals surface area contributed by atoms with Crippen LogP contribution in [0.15, 0.2) is 0 Å². The molecule has 0 radical (unpaired) electrons. The summed E-state index contributed by atoms with van der Waals surface area (Å²) >= 11 is 0. The van der Waals surface area contributed by atoms with Gasteiger partial charge in [-0.1, -0.05) is 136 Å². The van der Waals surface area contributed by atoms with Crippen molar-refractivity contribution in [3.05, 3.63) is 0 Å². The Hall–Kier alpha value is -0.610. The van der Waals surface area contributed by atoms with E-state index in [-0.39, 0.29) is 12.6 Å². The fourth-order valence-corrected chi connectivity index (χ4v) is 4.21. The molecule has 4 nitrogen and oxygen atoms in total. The first-order valence-corrected chi connectivity index (χ1v) is 14.6. The smallest absolute Gasteiger partial charge is 0.306 e. The number of aliphatic hydroxyl groups is 1. The van der Waals surface area contributed by atoms with Gasteiger partial charge in [-0.3, -0.25) is 4.79 Å². The van der Waals surface area contributed by atoms with Crippen molar-refractivity contribution in [3.8, 4) is 0 Å². The highest BCUT2D eigenvalue weighted by Crippen LogP contribution is 2.14. The first-order valence-electron chi connectivity index (χ1n) is 14.6. The second-order valence-electron chi connectivity index (χ2n) is 9.84. The van der Waals surface area contributed by atoms with Crippen molar-refractivity contribution < 1.29 is 19.4 Å². The monoisotopic (exact) mass is 470 g/mol. The molecule has 0 bridgehead atoms. The molecule has 0 saturated carbocycles. The van der Waals surface area contributed by atoms with Gasteiger partial charge in [0.15, 0.2) is 0 Å². The Morgan fingerprint density at radius 1 is 0.606 bits per heavy atom. The van der Waals surface area contributed by atoms with E-state index in [4.69, 9.17) is 9.47 Å². The Kier molecular flexibility index (Phi) is 27.1. The molecule has 33 heavy (non-hydrogen) atoms. The first kappa shape index (κ1) is 32.4. The lowest BCUT2D eigenvalue weighted by molar-refractivity contribution is -0.154. The highest BCUT2D eigenvalue weighted by Gasteiger charge is 2.13. The minimum atomic E-state index is -0.520. The van der Waals surface area contributed by atoms with Gasteiger partial charge in [-0.15, -0.1) is 0 Å². The molecule has 198 valence electrons. The lowest BCUT2D eigenvalue weighted by Crippen LogP contribution is -2.27. The standard InChI is InChI=1S/C29H58O4/c1-3-5-7-9-11-12-13-14-15-16-17-18-20-22-24-29(31)33-28(26-30)27-32-25-23-21-19-10-8-6-4-2/h28,30H,3-27H2,1-2H3. The van der Waals surface area contributed by atoms with Gasteiger partial charge in [0.2, 0.25) is 0 Å². The van der Waals surface area contributed by atoms with Crippen LogP contribution < -0.4 is 0 Å². The van der Waals surface area contributed by atoms with Gasteiger partial charge in [-0.05, 0) is 12.8 Å². The van der Waals surface area contributed by atoms with Crippen LogP contribution in [0.3, 0.4) is 0 Å². The maximum Gasteiger partial charge on any atom is 0.306 e. The molecule has 0 aliphatic carbocycles. The maximum atomic E-state index is 12.0. The summed E-state index contributed by atoms with van der Waals surface area (Å²) in [6, 6.07) is 0. The van der Waals surface area contributed by atoms with Crippen LogP contribution in [0.1, 0.15) is 155 Å². The molecular weight excluding hydrogens is 412 g/mol. The van der Waals surface area contributed by atoms with E-state index in [0.717, 1.165) is 19.3 Å². The number of esters is 1. The molecule has 1 N–H and O–H groups in total. The number of rotatable bonds is 27. The topological polar surface area (TPSA) is 55.8 Å². The molecule has 0 aromatic rings. The lowest BCUT2D eigenvalue weighted by Gasteiger charge is -2.15. The molecule has 0 aromatic heterocycles. The van der Waals surface area contributed by atoms with Crippen molar-refractivity contribution in [2.45, 2.75) is 161 Å². The van der Waals surface area contributed by atoms with Crippen molar-refractivity contribution in [3.63, 3.8) is 0 Å². The molecule has 0 amide bonds. The molecule has 0 aliphatic heterocycles. The molecule has 0 fully saturated rings. The van der Waals surface area contributed by atoms with E-state index in [1.165, 1.54) is 116 Å². The second-order valence-corrected chi connectivity index (χ2v) is 9.84. The average Bonchev–Trinajstić information content (AvgIpc) is 2.82. The minimum absolute atomic E-state index is 0.165. The third kappa shape index (κ3) is 25.8. The van der Waals surface area contributed by atoms with Gasteiger partial charge in [0.05, 0.1) is 13.2 Å². The number of carbonyl (C=O) groups excluding carboxylic acids is 1. The number of aliphatic hydroxyl groups excluding tert-OH is 1. The van der Waals surface area contributed by atoms with Crippen LogP contribution in [0.4, 0.5) is 0 Å². The third-order valence-corrected chi connectivity index (χ3v) is 6.43. The molecule has 0 heterocycles. The zero-order valence-electron chi connectivity index (χ0n) is 22.4. The third-order valence-electron chi connectivity index (χ3n) is 6.43. The second kappa shape index (κ2) is 27.6. The highest BCUT2D eigenvalue weighted by molar-refractivity contribution is 5.69. The Morgan fingerprint density at radius 2 is 1.00 bits per heavy atom. The van der Waals surface area contributed by atoms with Crippen molar-refractivity contribution in [1.29, 1.82) is 0 Å². The van der Waals surface area contributed by atoms with E-state index in [1.807, 2.05) is 0 Å². The fourth-order valence-electron chi connectivity index (χ4n) is 4.21. The van der Waals surface area contributed by atoms with E-state index < -0.39 is 6.10 Å². The minimum Gasteiger partial charge on any atom is -0.457 e. The lowest BCUT2D eigenvalue weighted by atomic mass is 10.0. The summed E-state index contributed by atoms with van der Waals surface area (Å²) in [5.74, 6) is -0.201. The summed E-state index contributed by atoms with van der Waals surface area (Å²) in [5, 5.41) is 9.44. The molecule has 0 aromatic carbocycles. The summed E-state index contributed by atoms with van der Waals surface area (Å²) in [4.78, 5) is 12.0. The Labute approximate surface area is 206 Å². The zero-order chi connectivity index (χ0) is 24.2. The molecule has 4 heteroatoms. The summed E-state index contributed by atoms with van der Waals surface area (Å²) in [6.07, 6.45) is 27.0. The summed E-state index contributed by atoms with van der Waals surface area (Å²) in [6.45, 7) is 5.32. The molecule has 1 unspecified atom stereocenters. The molecule has 1 atom stereocenters. The van der Waals surface area contributed by atoms with E-state index in [0.29, 0.717) is 19.6 Å². The van der Waals surface area contributed by atoms with Crippen LogP contribution in [0.2, 0.25) is 0 Å². The normalized spacial score (nSPS) is 12.2. The summed E-state index contributed by atoms with van der Waals surface area (Å²) in [7, 11) is 0. The predicted molar refractivity (Wildman–Crippen MR) is 141 cm³/mol. The summed E-state index contributed by atoms with van der Waals surface area (Å²) in [5.41, 5.74) is 0. The van der Waals surface area contributed by atoms with Crippen LogP contribution in [0.25, 0.3) is 0 Å². The van der Waals surface area contributed by atoms with E-state index in [1.54, 1.807) is 0 Å². The van der Waals surface area contributed by atoms with Crippen LogP contribution in [0.5, 0.6) is 0 Å². The maximum absolute atomic E-state index is 12.0. The van der Waals surface area contributed by atoms with Crippen LogP contribution in [-0.2, 0) is 14.3 Å². The number of carbonyl (C=O) groups is 1. The quantitative estimate of drug-likeness (QED) is 0.0965. The molecule has 0 spiro atoms. The molecular formula is C29H58O4. The Morgan fingerprint density at radius 3 is 1.42 bits per heavy atom. The largest absolute Gasteiger partial charge is 0.457 e. The van der Waals surface area contributed by atoms with E-state index in [2.05, 4.69) is 13.8 Å². The van der Waals surface area contributed by atoms with Crippen LogP contribution >= 0.6 is 0 Å². The average molecular weight is 471 g/mol. The van der Waals surface area contributed by atoms with Gasteiger partial charge in [0, 0.05) is 13.0 Å². The SMILES string of the molecule is CCCCCCCCCCCCCCCCC(=O)OC(CO)COCCCCCCCCC. The summed E-state index contributed by atoms with van der Waals surface area (Å²) < 4.78 is 11.0. The number of hydrogen-bond donors (Lipinski definition) is 1. The fraction of sp³-hybridized carbons (Fsp3) is 0.966. The van der Waals surface area contributed by atoms with Gasteiger partial charge in [-0.25, -0.2) is 0 Å². The number of ether oxygens (including phenoxy) is 2. The van der Waals surface area contributed by atoms with Crippen molar-refractivity contribution in [2.75, 3.05) is 19.8 Å². The van der Waals surface area contributed by atoms with Gasteiger partial charge in [0.25, 0.3) is 0 Å². The van der Waals surface area contributed by atoms with Crippen LogP contribution in [0, 0.1) is 0 Å². The van der Waals surface area contributed by atoms with Gasteiger partial charge < -0.3 is 14.6 Å². The van der Waals surface area contributed by atoms with E-state index >= 15 is 0 Å². The van der Waals surface area contributed by atoms with Crippen molar-refractivity contribution in [2.24, 2.45) is 0 Å². The predicted octanol–water partition coefficient (Wildman–Crippen LogP) is 8.53. The molecule has 0 rings (SSSR count). The van der Waals surface area contributed by atoms with Gasteiger partial charge in [-0.2, -0.15) is 0 Å². The van der Waals surface area contributed by atoms with Crippen molar-refractivity contribution in [1.82, 2.24) is 0 Å². The van der Waals surface area contributed by atoms with Gasteiger partial charge >= 0.3 is 5.97 Å². The van der Waals surface area contributed by atoms with E-state index in [9.17, 15) is 9.90 Å². The Balaban J connectivity index is 3.41. The number of unbranched alkanes of at least 4 members (excludes halogenated alkanes) is 19. The zero-order valence-corrected chi connectivity index (χ0v) is 22.4. The van der Waals surface area contributed by atoms with Crippen LogP contribution in [-0.4, -0.2) is 37.0 Å².